The number of carbonyl (C=O) groups excluding carboxylic acids is 1. The summed E-state index contributed by atoms with van der Waals surface area (Å²) in [7, 11) is 0. The van der Waals surface area contributed by atoms with E-state index in [9.17, 15) is 13.6 Å². The van der Waals surface area contributed by atoms with Crippen LogP contribution in [0.5, 0.6) is 0 Å². The van der Waals surface area contributed by atoms with Gasteiger partial charge in [-0.3, -0.25) is 14.7 Å². The largest absolute Gasteiger partial charge is 0.334 e. The van der Waals surface area contributed by atoms with Crippen molar-refractivity contribution in [3.8, 4) is 0 Å². The SMILES string of the molecule is O=C1C[C@H]2[C@H](CCN2Cc2cccnc2)N1Cc1cc(F)cc(F)c1. The number of carbonyl (C=O) groups is 1. The second-order valence-corrected chi connectivity index (χ2v) is 6.76. The maximum absolute atomic E-state index is 13.4. The molecule has 0 unspecified atom stereocenters. The Balaban J connectivity index is 1.48. The molecule has 4 rings (SSSR count). The molecular formula is C19H19F2N3O. The molecular weight excluding hydrogens is 324 g/mol. The maximum atomic E-state index is 13.4. The molecule has 2 fully saturated rings. The van der Waals surface area contributed by atoms with Crippen molar-refractivity contribution in [2.24, 2.45) is 0 Å². The zero-order chi connectivity index (χ0) is 17.4. The van der Waals surface area contributed by atoms with Crippen molar-refractivity contribution in [1.82, 2.24) is 14.8 Å². The van der Waals surface area contributed by atoms with Crippen molar-refractivity contribution in [1.29, 1.82) is 0 Å². The number of benzene rings is 1. The molecule has 3 heterocycles. The van der Waals surface area contributed by atoms with E-state index in [1.54, 1.807) is 11.1 Å². The van der Waals surface area contributed by atoms with Gasteiger partial charge in [-0.05, 0) is 35.7 Å². The lowest BCUT2D eigenvalue weighted by Gasteiger charge is -2.25. The first-order chi connectivity index (χ1) is 12.1. The highest BCUT2D eigenvalue weighted by atomic mass is 19.1. The summed E-state index contributed by atoms with van der Waals surface area (Å²) in [6.45, 7) is 1.94. The molecule has 2 aromatic rings. The number of likely N-dealkylation sites (tertiary alicyclic amines) is 2. The number of aromatic nitrogens is 1. The third-order valence-corrected chi connectivity index (χ3v) is 5.11. The van der Waals surface area contributed by atoms with E-state index in [4.69, 9.17) is 0 Å². The number of hydrogen-bond acceptors (Lipinski definition) is 3. The average Bonchev–Trinajstić information content (AvgIpc) is 3.08. The Labute approximate surface area is 145 Å². The number of hydrogen-bond donors (Lipinski definition) is 0. The second kappa shape index (κ2) is 6.52. The fraction of sp³-hybridized carbons (Fsp3) is 0.368. The highest BCUT2D eigenvalue weighted by molar-refractivity contribution is 5.80. The van der Waals surface area contributed by atoms with E-state index in [0.717, 1.165) is 31.1 Å². The van der Waals surface area contributed by atoms with Gasteiger partial charge < -0.3 is 4.90 Å². The van der Waals surface area contributed by atoms with Crippen LogP contribution in [0.2, 0.25) is 0 Å². The first kappa shape index (κ1) is 16.1. The smallest absolute Gasteiger partial charge is 0.224 e. The third kappa shape index (κ3) is 3.26. The number of amides is 1. The van der Waals surface area contributed by atoms with Crippen molar-refractivity contribution in [3.63, 3.8) is 0 Å². The van der Waals surface area contributed by atoms with E-state index in [0.29, 0.717) is 12.0 Å². The first-order valence-corrected chi connectivity index (χ1v) is 8.47. The van der Waals surface area contributed by atoms with Crippen molar-refractivity contribution in [3.05, 3.63) is 65.5 Å². The van der Waals surface area contributed by atoms with Gasteiger partial charge in [-0.2, -0.15) is 0 Å². The summed E-state index contributed by atoms with van der Waals surface area (Å²) >= 11 is 0. The Bertz CT molecular complexity index is 763. The van der Waals surface area contributed by atoms with Crippen LogP contribution >= 0.6 is 0 Å². The number of fused-ring (bicyclic) bond motifs is 1. The molecule has 6 heteroatoms. The topological polar surface area (TPSA) is 36.4 Å². The molecule has 1 amide bonds. The predicted octanol–water partition coefficient (Wildman–Crippen LogP) is 2.74. The summed E-state index contributed by atoms with van der Waals surface area (Å²) in [6, 6.07) is 7.65. The molecule has 25 heavy (non-hydrogen) atoms. The number of rotatable bonds is 4. The van der Waals surface area contributed by atoms with Crippen molar-refractivity contribution >= 4 is 5.91 Å². The number of nitrogens with zero attached hydrogens (tertiary/aromatic N) is 3. The summed E-state index contributed by atoms with van der Waals surface area (Å²) in [4.78, 5) is 20.7. The summed E-state index contributed by atoms with van der Waals surface area (Å²) in [5.74, 6) is -1.17. The molecule has 2 atom stereocenters. The normalized spacial score (nSPS) is 23.3. The molecule has 2 aliphatic rings. The van der Waals surface area contributed by atoms with Gasteiger partial charge in [0.25, 0.3) is 0 Å². The van der Waals surface area contributed by atoms with Gasteiger partial charge in [-0.25, -0.2) is 8.78 Å². The van der Waals surface area contributed by atoms with Crippen molar-refractivity contribution < 1.29 is 13.6 Å². The van der Waals surface area contributed by atoms with Gasteiger partial charge in [0.1, 0.15) is 11.6 Å². The Kier molecular flexibility index (Phi) is 4.21. The van der Waals surface area contributed by atoms with Gasteiger partial charge in [0.2, 0.25) is 5.91 Å². The van der Waals surface area contributed by atoms with Crippen molar-refractivity contribution in [2.75, 3.05) is 6.54 Å². The van der Waals surface area contributed by atoms with Crippen LogP contribution in [0, 0.1) is 11.6 Å². The highest BCUT2D eigenvalue weighted by Crippen LogP contribution is 2.34. The van der Waals surface area contributed by atoms with Gasteiger partial charge in [-0.15, -0.1) is 0 Å². The average molecular weight is 343 g/mol. The van der Waals surface area contributed by atoms with Crippen LogP contribution in [0.15, 0.2) is 42.7 Å². The third-order valence-electron chi connectivity index (χ3n) is 5.11. The standard InChI is InChI=1S/C19H19F2N3O/c20-15-6-14(7-16(21)8-15)12-24-17-3-5-23(18(17)9-19(24)25)11-13-2-1-4-22-10-13/h1-2,4,6-8,10,17-18H,3,5,9,11-12H2/t17-,18-/m0/s1. The van der Waals surface area contributed by atoms with E-state index < -0.39 is 11.6 Å². The summed E-state index contributed by atoms with van der Waals surface area (Å²) in [5.41, 5.74) is 1.62. The predicted molar refractivity (Wildman–Crippen MR) is 88.4 cm³/mol. The molecule has 0 aliphatic carbocycles. The van der Waals surface area contributed by atoms with Crippen LogP contribution in [0.3, 0.4) is 0 Å². The van der Waals surface area contributed by atoms with Gasteiger partial charge >= 0.3 is 0 Å². The summed E-state index contributed by atoms with van der Waals surface area (Å²) in [6.07, 6.45) is 4.93. The van der Waals surface area contributed by atoms with E-state index in [1.807, 2.05) is 18.3 Å². The Hall–Kier alpha value is -2.34. The molecule has 2 saturated heterocycles. The molecule has 1 aromatic carbocycles. The Morgan fingerprint density at radius 1 is 1.08 bits per heavy atom. The van der Waals surface area contributed by atoms with Crippen LogP contribution in [0.4, 0.5) is 8.78 Å². The lowest BCUT2D eigenvalue weighted by atomic mass is 10.1. The van der Waals surface area contributed by atoms with Crippen LogP contribution in [-0.4, -0.2) is 39.3 Å². The monoisotopic (exact) mass is 343 g/mol. The van der Waals surface area contributed by atoms with Gasteiger partial charge in [0, 0.05) is 56.6 Å². The maximum Gasteiger partial charge on any atom is 0.224 e. The van der Waals surface area contributed by atoms with Crippen LogP contribution in [0.25, 0.3) is 0 Å². The minimum atomic E-state index is -0.608. The number of pyridine rings is 1. The minimum Gasteiger partial charge on any atom is -0.334 e. The molecule has 2 aliphatic heterocycles. The van der Waals surface area contributed by atoms with E-state index in [-0.39, 0.29) is 24.5 Å². The van der Waals surface area contributed by atoms with Gasteiger partial charge in [0.15, 0.2) is 0 Å². The molecule has 0 bridgehead atoms. The molecule has 0 radical (unpaired) electrons. The molecule has 130 valence electrons. The first-order valence-electron chi connectivity index (χ1n) is 8.47. The zero-order valence-corrected chi connectivity index (χ0v) is 13.7. The number of halogens is 2. The van der Waals surface area contributed by atoms with Crippen molar-refractivity contribution in [2.45, 2.75) is 38.0 Å². The molecule has 0 saturated carbocycles. The highest BCUT2D eigenvalue weighted by Gasteiger charge is 2.46. The molecule has 0 spiro atoms. The van der Waals surface area contributed by atoms with E-state index in [1.165, 1.54) is 12.1 Å². The summed E-state index contributed by atoms with van der Waals surface area (Å²) in [5, 5.41) is 0. The fourth-order valence-electron chi connectivity index (χ4n) is 4.04. The van der Waals surface area contributed by atoms with Crippen LogP contribution in [-0.2, 0) is 17.9 Å². The summed E-state index contributed by atoms with van der Waals surface area (Å²) < 4.78 is 26.8. The van der Waals surface area contributed by atoms with Crippen LogP contribution < -0.4 is 0 Å². The minimum absolute atomic E-state index is 0.0514. The van der Waals surface area contributed by atoms with Crippen LogP contribution in [0.1, 0.15) is 24.0 Å². The van der Waals surface area contributed by atoms with E-state index in [2.05, 4.69) is 9.88 Å². The second-order valence-electron chi connectivity index (χ2n) is 6.76. The zero-order valence-electron chi connectivity index (χ0n) is 13.7. The van der Waals surface area contributed by atoms with E-state index >= 15 is 0 Å². The fourth-order valence-corrected chi connectivity index (χ4v) is 4.04. The molecule has 4 nitrogen and oxygen atoms in total. The Morgan fingerprint density at radius 3 is 2.60 bits per heavy atom. The molecule has 1 aromatic heterocycles. The van der Waals surface area contributed by atoms with Gasteiger partial charge in [0.05, 0.1) is 0 Å². The lowest BCUT2D eigenvalue weighted by molar-refractivity contribution is -0.129. The lowest BCUT2D eigenvalue weighted by Crippen LogP contribution is -2.36. The molecule has 0 N–H and O–H groups in total. The van der Waals surface area contributed by atoms with Gasteiger partial charge in [-0.1, -0.05) is 6.07 Å². The Morgan fingerprint density at radius 2 is 1.88 bits per heavy atom. The quantitative estimate of drug-likeness (QED) is 0.856.